The second-order valence-electron chi connectivity index (χ2n) is 1.97. The van der Waals surface area contributed by atoms with Gasteiger partial charge in [-0.3, -0.25) is 4.79 Å². The van der Waals surface area contributed by atoms with Crippen molar-refractivity contribution in [3.05, 3.63) is 0 Å². The van der Waals surface area contributed by atoms with Crippen LogP contribution in [0, 0.1) is 0 Å². The molecule has 72 valence electrons. The van der Waals surface area contributed by atoms with Crippen LogP contribution in [0.1, 0.15) is 6.92 Å². The molecule has 0 bridgehead atoms. The molecule has 6 heteroatoms. The van der Waals surface area contributed by atoms with Gasteiger partial charge in [0.2, 0.25) is 0 Å². The van der Waals surface area contributed by atoms with Gasteiger partial charge in [-0.15, -0.1) is 0 Å². The van der Waals surface area contributed by atoms with Gasteiger partial charge in [0.15, 0.2) is 0 Å². The number of rotatable bonds is 6. The molecule has 0 aromatic heterocycles. The Labute approximate surface area is 73.5 Å². The Bertz CT molecular complexity index is 125. The molecular formula is C6H14O5Si. The lowest BCUT2D eigenvalue weighted by molar-refractivity contribution is -0.141. The van der Waals surface area contributed by atoms with Crippen molar-refractivity contribution in [2.45, 2.75) is 6.92 Å². The number of hydrogen-bond donors (Lipinski definition) is 0. The fourth-order valence-electron chi connectivity index (χ4n) is 0.562. The van der Waals surface area contributed by atoms with E-state index in [1.54, 1.807) is 0 Å². The van der Waals surface area contributed by atoms with Crippen molar-refractivity contribution in [1.29, 1.82) is 0 Å². The first-order chi connectivity index (χ1) is 5.70. The Morgan fingerprint density at radius 3 is 2.25 bits per heavy atom. The lowest BCUT2D eigenvalue weighted by atomic mass is 10.7. The Hall–Kier alpha value is -0.433. The molecule has 12 heavy (non-hydrogen) atoms. The SMILES string of the molecule is CO[SiH](OC)OCCOC(C)=O. The first-order valence-corrected chi connectivity index (χ1v) is 4.92. The van der Waals surface area contributed by atoms with Crippen molar-refractivity contribution in [2.75, 3.05) is 27.4 Å². The van der Waals surface area contributed by atoms with Gasteiger partial charge in [0, 0.05) is 21.1 Å². The summed E-state index contributed by atoms with van der Waals surface area (Å²) in [7, 11) is 1.09. The van der Waals surface area contributed by atoms with E-state index in [0.717, 1.165) is 0 Å². The van der Waals surface area contributed by atoms with Crippen LogP contribution in [0.15, 0.2) is 0 Å². The minimum Gasteiger partial charge on any atom is -0.463 e. The van der Waals surface area contributed by atoms with Gasteiger partial charge in [-0.25, -0.2) is 0 Å². The molecule has 0 N–H and O–H groups in total. The van der Waals surface area contributed by atoms with Crippen LogP contribution in [0.25, 0.3) is 0 Å². The first-order valence-electron chi connectivity index (χ1n) is 3.51. The number of carbonyl (C=O) groups excluding carboxylic acids is 1. The molecule has 0 atom stereocenters. The van der Waals surface area contributed by atoms with Gasteiger partial charge in [-0.1, -0.05) is 0 Å². The monoisotopic (exact) mass is 194 g/mol. The predicted octanol–water partition coefficient (Wildman–Crippen LogP) is -0.424. The van der Waals surface area contributed by atoms with E-state index in [1.807, 2.05) is 0 Å². The highest BCUT2D eigenvalue weighted by Crippen LogP contribution is 1.88. The summed E-state index contributed by atoms with van der Waals surface area (Å²) < 4.78 is 19.5. The summed E-state index contributed by atoms with van der Waals surface area (Å²) in [5, 5.41) is 0. The lowest BCUT2D eigenvalue weighted by Crippen LogP contribution is -2.26. The standard InChI is InChI=1S/C6H14O5Si/c1-6(7)10-4-5-11-12(8-2)9-3/h12H,4-5H2,1-3H3. The maximum Gasteiger partial charge on any atom is 0.483 e. The largest absolute Gasteiger partial charge is 0.483 e. The van der Waals surface area contributed by atoms with Crippen molar-refractivity contribution in [3.8, 4) is 0 Å². The highest BCUT2D eigenvalue weighted by molar-refractivity contribution is 6.36. The number of esters is 1. The summed E-state index contributed by atoms with van der Waals surface area (Å²) in [6.07, 6.45) is 0. The van der Waals surface area contributed by atoms with Crippen molar-refractivity contribution < 1.29 is 22.8 Å². The maximum atomic E-state index is 10.3. The zero-order valence-electron chi connectivity index (χ0n) is 7.53. The Morgan fingerprint density at radius 2 is 1.83 bits per heavy atom. The van der Waals surface area contributed by atoms with Gasteiger partial charge >= 0.3 is 15.5 Å². The van der Waals surface area contributed by atoms with Gasteiger partial charge in [0.1, 0.15) is 6.61 Å². The second kappa shape index (κ2) is 7.23. The Kier molecular flexibility index (Phi) is 6.97. The Balaban J connectivity index is 3.23. The minimum absolute atomic E-state index is 0.242. The minimum atomic E-state index is -1.95. The van der Waals surface area contributed by atoms with Crippen LogP contribution in [-0.4, -0.2) is 42.9 Å². The molecule has 0 aliphatic rings. The van der Waals surface area contributed by atoms with Gasteiger partial charge in [-0.2, -0.15) is 0 Å². The van der Waals surface area contributed by atoms with Crippen LogP contribution >= 0.6 is 0 Å². The van der Waals surface area contributed by atoms with E-state index in [2.05, 4.69) is 4.74 Å². The highest BCUT2D eigenvalue weighted by atomic mass is 28.3. The zero-order chi connectivity index (χ0) is 9.40. The summed E-state index contributed by atoms with van der Waals surface area (Å²) in [5.74, 6) is -0.313. The summed E-state index contributed by atoms with van der Waals surface area (Å²) in [6, 6.07) is 0. The molecule has 0 aromatic rings. The third-order valence-electron chi connectivity index (χ3n) is 1.03. The molecule has 0 unspecified atom stereocenters. The van der Waals surface area contributed by atoms with E-state index in [0.29, 0.717) is 6.61 Å². The van der Waals surface area contributed by atoms with Crippen molar-refractivity contribution >= 4 is 15.5 Å². The second-order valence-corrected chi connectivity index (χ2v) is 3.82. The smallest absolute Gasteiger partial charge is 0.463 e. The molecule has 0 heterocycles. The molecule has 0 spiro atoms. The molecule has 5 nitrogen and oxygen atoms in total. The van der Waals surface area contributed by atoms with Crippen molar-refractivity contribution in [2.24, 2.45) is 0 Å². The van der Waals surface area contributed by atoms with Crippen LogP contribution < -0.4 is 0 Å². The lowest BCUT2D eigenvalue weighted by Gasteiger charge is -2.10. The van der Waals surface area contributed by atoms with Crippen LogP contribution in [-0.2, 0) is 22.8 Å². The van der Waals surface area contributed by atoms with Gasteiger partial charge in [0.05, 0.1) is 6.61 Å². The van der Waals surface area contributed by atoms with E-state index >= 15 is 0 Å². The van der Waals surface area contributed by atoms with Gasteiger partial charge in [0.25, 0.3) is 0 Å². The highest BCUT2D eigenvalue weighted by Gasteiger charge is 2.09. The van der Waals surface area contributed by atoms with Gasteiger partial charge in [-0.05, 0) is 0 Å². The first kappa shape index (κ1) is 11.6. The predicted molar refractivity (Wildman–Crippen MR) is 43.8 cm³/mol. The van der Waals surface area contributed by atoms with Gasteiger partial charge < -0.3 is 18.0 Å². The molecule has 0 aromatic carbocycles. The molecule has 0 saturated carbocycles. The summed E-state index contributed by atoms with van der Waals surface area (Å²) in [6.45, 7) is 1.91. The van der Waals surface area contributed by atoms with Crippen LogP contribution in [0.4, 0.5) is 0 Å². The average molecular weight is 194 g/mol. The van der Waals surface area contributed by atoms with E-state index in [-0.39, 0.29) is 12.6 Å². The Morgan fingerprint density at radius 1 is 1.25 bits per heavy atom. The topological polar surface area (TPSA) is 54.0 Å². The van der Waals surface area contributed by atoms with E-state index in [9.17, 15) is 4.79 Å². The van der Waals surface area contributed by atoms with E-state index < -0.39 is 9.53 Å². The maximum absolute atomic E-state index is 10.3. The third-order valence-corrected chi connectivity index (χ3v) is 2.31. The molecule has 0 amide bonds. The van der Waals surface area contributed by atoms with Crippen molar-refractivity contribution in [3.63, 3.8) is 0 Å². The zero-order valence-corrected chi connectivity index (χ0v) is 8.69. The van der Waals surface area contributed by atoms with Crippen LogP contribution in [0.3, 0.4) is 0 Å². The van der Waals surface area contributed by atoms with Crippen LogP contribution in [0.2, 0.25) is 0 Å². The number of hydrogen-bond acceptors (Lipinski definition) is 5. The quantitative estimate of drug-likeness (QED) is 0.326. The average Bonchev–Trinajstić information content (AvgIpc) is 2.04. The number of carbonyl (C=O) groups is 1. The summed E-state index contributed by atoms with van der Waals surface area (Å²) >= 11 is 0. The molecule has 0 radical (unpaired) electrons. The molecule has 0 rings (SSSR count). The summed E-state index contributed by atoms with van der Waals surface area (Å²) in [5.41, 5.74) is 0. The third kappa shape index (κ3) is 6.29. The molecule has 0 aliphatic heterocycles. The fourth-order valence-corrected chi connectivity index (χ4v) is 1.32. The summed E-state index contributed by atoms with van der Waals surface area (Å²) in [4.78, 5) is 10.3. The normalized spacial score (nSPS) is 10.3. The molecule has 0 saturated heterocycles. The van der Waals surface area contributed by atoms with Crippen molar-refractivity contribution in [1.82, 2.24) is 0 Å². The van der Waals surface area contributed by atoms with E-state index in [4.69, 9.17) is 13.3 Å². The van der Waals surface area contributed by atoms with E-state index in [1.165, 1.54) is 21.1 Å². The van der Waals surface area contributed by atoms with Crippen LogP contribution in [0.5, 0.6) is 0 Å². The molecule has 0 fully saturated rings. The molecule has 0 aliphatic carbocycles. The molecular weight excluding hydrogens is 180 g/mol. The number of ether oxygens (including phenoxy) is 1. The fraction of sp³-hybridized carbons (Fsp3) is 0.833.